The van der Waals surface area contributed by atoms with Crippen LogP contribution >= 0.6 is 15.9 Å². The number of nitrogens with two attached hydrogens (primary N) is 1. The van der Waals surface area contributed by atoms with Crippen molar-refractivity contribution in [2.45, 2.75) is 18.2 Å². The summed E-state index contributed by atoms with van der Waals surface area (Å²) in [5.41, 5.74) is 1.86. The number of hydrogen-bond donors (Lipinski definition) is 2. The minimum absolute atomic E-state index is 0.0304. The summed E-state index contributed by atoms with van der Waals surface area (Å²) in [5.74, 6) is 0.0935. The Morgan fingerprint density at radius 3 is 2.48 bits per heavy atom. The van der Waals surface area contributed by atoms with Gasteiger partial charge in [0.1, 0.15) is 0 Å². The van der Waals surface area contributed by atoms with Gasteiger partial charge in [-0.1, -0.05) is 24.3 Å². The molecule has 25 heavy (non-hydrogen) atoms. The van der Waals surface area contributed by atoms with Gasteiger partial charge < -0.3 is 5.11 Å². The Bertz CT molecular complexity index is 1000. The van der Waals surface area contributed by atoms with E-state index in [1.54, 1.807) is 18.2 Å². The van der Waals surface area contributed by atoms with Crippen LogP contribution in [0.25, 0.3) is 11.4 Å². The minimum Gasteiger partial charge on any atom is -0.392 e. The molecule has 0 saturated heterocycles. The fourth-order valence-electron chi connectivity index (χ4n) is 2.16. The second-order valence-electron chi connectivity index (χ2n) is 5.14. The smallest absolute Gasteiger partial charge is 0.256 e. The second kappa shape index (κ2) is 6.96. The molecule has 2 heterocycles. The highest BCUT2D eigenvalue weighted by Gasteiger charge is 2.23. The van der Waals surface area contributed by atoms with Gasteiger partial charge in [0.05, 0.1) is 18.7 Å². The van der Waals surface area contributed by atoms with Crippen LogP contribution < -0.4 is 5.14 Å². The molecule has 0 atom stereocenters. The number of sulfonamides is 1. The molecule has 0 spiro atoms. The van der Waals surface area contributed by atoms with Crippen molar-refractivity contribution in [1.82, 2.24) is 25.2 Å². The fraction of sp³-hybridized carbons (Fsp3) is 0.143. The first-order valence-electron chi connectivity index (χ1n) is 7.02. The summed E-state index contributed by atoms with van der Waals surface area (Å²) in [5, 5.41) is 26.0. The maximum absolute atomic E-state index is 11.7. The highest BCUT2D eigenvalue weighted by molar-refractivity contribution is 9.10. The Morgan fingerprint density at radius 2 is 1.84 bits per heavy atom. The van der Waals surface area contributed by atoms with Gasteiger partial charge in [0.25, 0.3) is 10.0 Å². The van der Waals surface area contributed by atoms with Crippen molar-refractivity contribution < 1.29 is 13.5 Å². The van der Waals surface area contributed by atoms with Crippen LogP contribution in [0, 0.1) is 0 Å². The quantitative estimate of drug-likeness (QED) is 0.614. The van der Waals surface area contributed by atoms with Crippen LogP contribution in [0.1, 0.15) is 11.1 Å². The van der Waals surface area contributed by atoms with E-state index in [4.69, 9.17) is 10.2 Å². The first-order valence-corrected chi connectivity index (χ1v) is 9.36. The molecule has 11 heteroatoms. The second-order valence-corrected chi connectivity index (χ2v) is 7.47. The van der Waals surface area contributed by atoms with Crippen LogP contribution in [0.4, 0.5) is 0 Å². The Labute approximate surface area is 151 Å². The van der Waals surface area contributed by atoms with Gasteiger partial charge >= 0.3 is 0 Å². The molecule has 0 amide bonds. The number of rotatable bonds is 5. The molecule has 1 aromatic carbocycles. The number of halogens is 1. The molecule has 3 N–H and O–H groups in total. The molecule has 0 fully saturated rings. The van der Waals surface area contributed by atoms with Crippen LogP contribution in [0.5, 0.6) is 0 Å². The number of pyridine rings is 1. The van der Waals surface area contributed by atoms with Crippen molar-refractivity contribution in [2.75, 3.05) is 0 Å². The first kappa shape index (κ1) is 17.6. The first-order chi connectivity index (χ1) is 11.9. The number of tetrazole rings is 1. The molecule has 0 bridgehead atoms. The normalized spacial score (nSPS) is 11.6. The molecule has 2 aromatic heterocycles. The largest absolute Gasteiger partial charge is 0.392 e. The Balaban J connectivity index is 1.94. The molecule has 130 valence electrons. The number of aliphatic hydroxyl groups is 1. The summed E-state index contributed by atoms with van der Waals surface area (Å²) in [4.78, 5) is 5.14. The standard InChI is InChI=1S/C14H13BrN6O3S/c15-11-5-6-17-14(25(16,23)24)12(11)13-18-20-21(19-13)7-9-1-3-10(8-22)4-2-9/h1-6,22H,7-8H2,(H2,16,23,24). The molecule has 3 rings (SSSR count). The predicted octanol–water partition coefficient (Wildman–Crippen LogP) is 0.686. The third-order valence-electron chi connectivity index (χ3n) is 3.34. The molecule has 0 aliphatic carbocycles. The number of primary sulfonamides is 1. The number of hydrogen-bond acceptors (Lipinski definition) is 7. The van der Waals surface area contributed by atoms with Crippen LogP contribution in [-0.2, 0) is 23.2 Å². The zero-order valence-electron chi connectivity index (χ0n) is 12.7. The van der Waals surface area contributed by atoms with Crippen LogP contribution in [0.15, 0.2) is 46.0 Å². The van der Waals surface area contributed by atoms with Crippen LogP contribution in [0.2, 0.25) is 0 Å². The molecule has 0 saturated carbocycles. The van der Waals surface area contributed by atoms with Crippen molar-refractivity contribution in [1.29, 1.82) is 0 Å². The molecular formula is C14H13BrN6O3S. The van der Waals surface area contributed by atoms with Crippen molar-refractivity contribution in [3.63, 3.8) is 0 Å². The number of benzene rings is 1. The Morgan fingerprint density at radius 1 is 1.16 bits per heavy atom. The van der Waals surface area contributed by atoms with Gasteiger partial charge in [0.2, 0.25) is 5.82 Å². The molecule has 0 aliphatic rings. The van der Waals surface area contributed by atoms with E-state index in [-0.39, 0.29) is 23.0 Å². The molecule has 3 aromatic rings. The molecule has 0 aliphatic heterocycles. The highest BCUT2D eigenvalue weighted by atomic mass is 79.9. The van der Waals surface area contributed by atoms with Gasteiger partial charge in [-0.05, 0) is 38.3 Å². The van der Waals surface area contributed by atoms with E-state index in [2.05, 4.69) is 36.3 Å². The topological polar surface area (TPSA) is 137 Å². The highest BCUT2D eigenvalue weighted by Crippen LogP contribution is 2.29. The van der Waals surface area contributed by atoms with Crippen LogP contribution in [-0.4, -0.2) is 38.7 Å². The SMILES string of the molecule is NS(=O)(=O)c1nccc(Br)c1-c1nnn(Cc2ccc(CO)cc2)n1. The van der Waals surface area contributed by atoms with Gasteiger partial charge in [0, 0.05) is 10.7 Å². The average Bonchev–Trinajstić information content (AvgIpc) is 3.02. The van der Waals surface area contributed by atoms with Crippen molar-refractivity contribution in [3.05, 3.63) is 52.1 Å². The number of nitrogens with zero attached hydrogens (tertiary/aromatic N) is 5. The number of aliphatic hydroxyl groups excluding tert-OH is 1. The van der Waals surface area contributed by atoms with Crippen molar-refractivity contribution in [2.24, 2.45) is 5.14 Å². The van der Waals surface area contributed by atoms with E-state index in [9.17, 15) is 8.42 Å². The average molecular weight is 425 g/mol. The third kappa shape index (κ3) is 3.90. The molecule has 0 unspecified atom stereocenters. The lowest BCUT2D eigenvalue weighted by Gasteiger charge is -2.05. The third-order valence-corrected chi connectivity index (χ3v) is 4.85. The molecule has 0 radical (unpaired) electrons. The van der Waals surface area contributed by atoms with Crippen molar-refractivity contribution in [3.8, 4) is 11.4 Å². The zero-order valence-corrected chi connectivity index (χ0v) is 15.1. The summed E-state index contributed by atoms with van der Waals surface area (Å²) in [7, 11) is -4.04. The minimum atomic E-state index is -4.04. The van der Waals surface area contributed by atoms with Gasteiger partial charge in [-0.25, -0.2) is 18.5 Å². The van der Waals surface area contributed by atoms with Crippen molar-refractivity contribution >= 4 is 26.0 Å². The van der Waals surface area contributed by atoms with E-state index < -0.39 is 10.0 Å². The molecule has 9 nitrogen and oxygen atoms in total. The Kier molecular flexibility index (Phi) is 4.90. The summed E-state index contributed by atoms with van der Waals surface area (Å²) in [6.07, 6.45) is 1.32. The van der Waals surface area contributed by atoms with Gasteiger partial charge in [-0.2, -0.15) is 4.80 Å². The molecular weight excluding hydrogens is 412 g/mol. The lowest BCUT2D eigenvalue weighted by molar-refractivity contribution is 0.282. The number of aromatic nitrogens is 5. The lowest BCUT2D eigenvalue weighted by Crippen LogP contribution is -2.15. The summed E-state index contributed by atoms with van der Waals surface area (Å²) >= 11 is 3.27. The maximum Gasteiger partial charge on any atom is 0.256 e. The monoisotopic (exact) mass is 424 g/mol. The van der Waals surface area contributed by atoms with E-state index in [1.165, 1.54) is 11.0 Å². The van der Waals surface area contributed by atoms with E-state index in [0.29, 0.717) is 11.0 Å². The summed E-state index contributed by atoms with van der Waals surface area (Å²) in [6, 6.07) is 8.83. The van der Waals surface area contributed by atoms with E-state index >= 15 is 0 Å². The summed E-state index contributed by atoms with van der Waals surface area (Å²) < 4.78 is 23.9. The van der Waals surface area contributed by atoms with Crippen LogP contribution in [0.3, 0.4) is 0 Å². The predicted molar refractivity (Wildman–Crippen MR) is 91.6 cm³/mol. The zero-order chi connectivity index (χ0) is 18.0. The summed E-state index contributed by atoms with van der Waals surface area (Å²) in [6.45, 7) is 0.304. The lowest BCUT2D eigenvalue weighted by atomic mass is 10.1. The fourth-order valence-corrected chi connectivity index (χ4v) is 3.47. The van der Waals surface area contributed by atoms with E-state index in [1.807, 2.05) is 12.1 Å². The maximum atomic E-state index is 11.7. The van der Waals surface area contributed by atoms with E-state index in [0.717, 1.165) is 11.1 Å². The van der Waals surface area contributed by atoms with Gasteiger partial charge in [0.15, 0.2) is 5.03 Å². The Hall–Kier alpha value is -2.21. The van der Waals surface area contributed by atoms with Gasteiger partial charge in [-0.15, -0.1) is 10.2 Å². The van der Waals surface area contributed by atoms with Gasteiger partial charge in [-0.3, -0.25) is 0 Å².